The van der Waals surface area contributed by atoms with E-state index in [0.29, 0.717) is 17.2 Å². The van der Waals surface area contributed by atoms with Crippen molar-refractivity contribution in [3.63, 3.8) is 0 Å². The summed E-state index contributed by atoms with van der Waals surface area (Å²) in [7, 11) is 0. The predicted octanol–water partition coefficient (Wildman–Crippen LogP) is 3.06. The largest absolute Gasteiger partial charge is 0.384 e. The standard InChI is InChI=1S/C12H9F3N2/c1-6-2-12(16)17-5-8(6)7-3-10(14)11(15)4-9(7)13/h2-5H,1H3,(H2,16,17). The topological polar surface area (TPSA) is 38.9 Å². The van der Waals surface area contributed by atoms with E-state index in [0.717, 1.165) is 6.07 Å². The first-order valence-corrected chi connectivity index (χ1v) is 4.86. The van der Waals surface area contributed by atoms with E-state index in [1.807, 2.05) is 0 Å². The summed E-state index contributed by atoms with van der Waals surface area (Å²) in [5.41, 5.74) is 6.45. The molecule has 1 heterocycles. The number of benzene rings is 1. The Morgan fingerprint density at radius 3 is 2.24 bits per heavy atom. The molecule has 2 nitrogen and oxygen atoms in total. The number of rotatable bonds is 1. The lowest BCUT2D eigenvalue weighted by Gasteiger charge is -2.08. The van der Waals surface area contributed by atoms with Crippen molar-refractivity contribution < 1.29 is 13.2 Å². The number of aromatic nitrogens is 1. The second kappa shape index (κ2) is 4.08. The molecule has 0 atom stereocenters. The van der Waals surface area contributed by atoms with E-state index in [1.165, 1.54) is 12.3 Å². The molecule has 0 unspecified atom stereocenters. The third kappa shape index (κ3) is 2.08. The number of nitrogen functional groups attached to an aromatic ring is 1. The van der Waals surface area contributed by atoms with Crippen LogP contribution in [0, 0.1) is 24.4 Å². The molecular weight excluding hydrogens is 229 g/mol. The molecule has 5 heteroatoms. The normalized spacial score (nSPS) is 10.6. The molecule has 0 fully saturated rings. The average Bonchev–Trinajstić information content (AvgIpc) is 2.24. The van der Waals surface area contributed by atoms with Gasteiger partial charge in [0.05, 0.1) is 0 Å². The predicted molar refractivity (Wildman–Crippen MR) is 58.7 cm³/mol. The van der Waals surface area contributed by atoms with Crippen LogP contribution >= 0.6 is 0 Å². The number of anilines is 1. The van der Waals surface area contributed by atoms with E-state index in [-0.39, 0.29) is 11.4 Å². The van der Waals surface area contributed by atoms with Crippen molar-refractivity contribution in [3.05, 3.63) is 47.4 Å². The first-order valence-electron chi connectivity index (χ1n) is 4.86. The number of halogens is 3. The van der Waals surface area contributed by atoms with Gasteiger partial charge in [-0.15, -0.1) is 0 Å². The van der Waals surface area contributed by atoms with E-state index in [9.17, 15) is 13.2 Å². The molecule has 0 bridgehead atoms. The summed E-state index contributed by atoms with van der Waals surface area (Å²) in [6.07, 6.45) is 1.33. The van der Waals surface area contributed by atoms with Crippen LogP contribution in [0.2, 0.25) is 0 Å². The number of hydrogen-bond donors (Lipinski definition) is 1. The highest BCUT2D eigenvalue weighted by Crippen LogP contribution is 2.27. The van der Waals surface area contributed by atoms with Gasteiger partial charge in [0, 0.05) is 23.4 Å². The van der Waals surface area contributed by atoms with Gasteiger partial charge in [0.1, 0.15) is 11.6 Å². The van der Waals surface area contributed by atoms with Gasteiger partial charge in [0.2, 0.25) is 0 Å². The van der Waals surface area contributed by atoms with Crippen LogP contribution in [-0.2, 0) is 0 Å². The van der Waals surface area contributed by atoms with Crippen molar-refractivity contribution in [2.45, 2.75) is 6.92 Å². The molecule has 2 aromatic rings. The van der Waals surface area contributed by atoms with Crippen LogP contribution in [0.5, 0.6) is 0 Å². The Labute approximate surface area is 95.9 Å². The molecule has 17 heavy (non-hydrogen) atoms. The number of nitrogens with two attached hydrogens (primary N) is 1. The number of nitrogens with zero attached hydrogens (tertiary/aromatic N) is 1. The van der Waals surface area contributed by atoms with Gasteiger partial charge in [-0.25, -0.2) is 18.2 Å². The minimum atomic E-state index is -1.22. The minimum absolute atomic E-state index is 0.0334. The molecule has 0 saturated heterocycles. The van der Waals surface area contributed by atoms with Gasteiger partial charge in [-0.05, 0) is 24.6 Å². The summed E-state index contributed by atoms with van der Waals surface area (Å²) in [4.78, 5) is 3.80. The summed E-state index contributed by atoms with van der Waals surface area (Å²) < 4.78 is 39.4. The average molecular weight is 238 g/mol. The lowest BCUT2D eigenvalue weighted by Crippen LogP contribution is -1.96. The third-order valence-corrected chi connectivity index (χ3v) is 2.43. The fraction of sp³-hybridized carbons (Fsp3) is 0.0833. The molecule has 0 radical (unpaired) electrons. The maximum Gasteiger partial charge on any atom is 0.161 e. The zero-order valence-corrected chi connectivity index (χ0v) is 8.97. The highest BCUT2D eigenvalue weighted by atomic mass is 19.2. The van der Waals surface area contributed by atoms with Crippen LogP contribution in [0.4, 0.5) is 19.0 Å². The Balaban J connectivity index is 2.64. The summed E-state index contributed by atoms with van der Waals surface area (Å²) in [6.45, 7) is 1.69. The van der Waals surface area contributed by atoms with Crippen LogP contribution in [-0.4, -0.2) is 4.98 Å². The molecule has 0 spiro atoms. The zero-order valence-electron chi connectivity index (χ0n) is 8.97. The van der Waals surface area contributed by atoms with Crippen molar-refractivity contribution in [1.82, 2.24) is 4.98 Å². The van der Waals surface area contributed by atoms with E-state index in [4.69, 9.17) is 5.73 Å². The highest BCUT2D eigenvalue weighted by molar-refractivity contribution is 5.68. The molecule has 2 rings (SSSR count). The fourth-order valence-corrected chi connectivity index (χ4v) is 1.59. The van der Waals surface area contributed by atoms with Gasteiger partial charge in [0.15, 0.2) is 11.6 Å². The van der Waals surface area contributed by atoms with E-state index >= 15 is 0 Å². The van der Waals surface area contributed by atoms with Gasteiger partial charge in [-0.1, -0.05) is 0 Å². The SMILES string of the molecule is Cc1cc(N)ncc1-c1cc(F)c(F)cc1F. The van der Waals surface area contributed by atoms with Gasteiger partial charge in [0.25, 0.3) is 0 Å². The fourth-order valence-electron chi connectivity index (χ4n) is 1.59. The first-order chi connectivity index (χ1) is 7.99. The first kappa shape index (κ1) is 11.4. The van der Waals surface area contributed by atoms with Crippen LogP contribution in [0.3, 0.4) is 0 Å². The Bertz CT molecular complexity index is 582. The summed E-state index contributed by atoms with van der Waals surface area (Å²) in [6, 6.07) is 2.86. The maximum absolute atomic E-state index is 13.5. The molecule has 0 saturated carbocycles. The number of pyridine rings is 1. The van der Waals surface area contributed by atoms with Gasteiger partial charge >= 0.3 is 0 Å². The van der Waals surface area contributed by atoms with Crippen LogP contribution in [0.25, 0.3) is 11.1 Å². The summed E-state index contributed by atoms with van der Waals surface area (Å²) in [5.74, 6) is -2.86. The second-order valence-electron chi connectivity index (χ2n) is 3.67. The van der Waals surface area contributed by atoms with Crippen molar-refractivity contribution in [2.75, 3.05) is 5.73 Å². The van der Waals surface area contributed by atoms with E-state index in [1.54, 1.807) is 6.92 Å². The van der Waals surface area contributed by atoms with Gasteiger partial charge in [-0.3, -0.25) is 0 Å². The molecule has 2 N–H and O–H groups in total. The summed E-state index contributed by atoms with van der Waals surface area (Å²) in [5, 5.41) is 0. The van der Waals surface area contributed by atoms with Crippen molar-refractivity contribution in [2.24, 2.45) is 0 Å². The van der Waals surface area contributed by atoms with Crippen LogP contribution < -0.4 is 5.73 Å². The Morgan fingerprint density at radius 1 is 0.941 bits per heavy atom. The van der Waals surface area contributed by atoms with Crippen molar-refractivity contribution >= 4 is 5.82 Å². The Hall–Kier alpha value is -2.04. The Morgan fingerprint density at radius 2 is 1.59 bits per heavy atom. The molecule has 1 aromatic heterocycles. The molecular formula is C12H9F3N2. The molecule has 0 aliphatic carbocycles. The quantitative estimate of drug-likeness (QED) is 0.775. The molecule has 88 valence electrons. The molecule has 0 aliphatic rings. The van der Waals surface area contributed by atoms with Gasteiger partial charge < -0.3 is 5.73 Å². The minimum Gasteiger partial charge on any atom is -0.384 e. The van der Waals surface area contributed by atoms with Crippen molar-refractivity contribution in [1.29, 1.82) is 0 Å². The monoisotopic (exact) mass is 238 g/mol. The second-order valence-corrected chi connectivity index (χ2v) is 3.67. The smallest absolute Gasteiger partial charge is 0.161 e. The molecule has 0 aliphatic heterocycles. The summed E-state index contributed by atoms with van der Waals surface area (Å²) >= 11 is 0. The maximum atomic E-state index is 13.5. The molecule has 0 amide bonds. The molecule has 1 aromatic carbocycles. The van der Waals surface area contributed by atoms with Crippen LogP contribution in [0.15, 0.2) is 24.4 Å². The van der Waals surface area contributed by atoms with E-state index in [2.05, 4.69) is 4.98 Å². The number of hydrogen-bond acceptors (Lipinski definition) is 2. The van der Waals surface area contributed by atoms with E-state index < -0.39 is 17.5 Å². The number of aryl methyl sites for hydroxylation is 1. The highest BCUT2D eigenvalue weighted by Gasteiger charge is 2.13. The van der Waals surface area contributed by atoms with Crippen LogP contribution in [0.1, 0.15) is 5.56 Å². The van der Waals surface area contributed by atoms with Gasteiger partial charge in [-0.2, -0.15) is 0 Å². The lowest BCUT2D eigenvalue weighted by molar-refractivity contribution is 0.496. The Kier molecular flexibility index (Phi) is 2.75. The lowest BCUT2D eigenvalue weighted by atomic mass is 10.0. The van der Waals surface area contributed by atoms with Crippen molar-refractivity contribution in [3.8, 4) is 11.1 Å². The zero-order chi connectivity index (χ0) is 12.6. The third-order valence-electron chi connectivity index (χ3n) is 2.43.